The van der Waals surface area contributed by atoms with Gasteiger partial charge in [0.05, 0.1) is 25.1 Å². The number of cyclic esters (lactones) is 1. The van der Waals surface area contributed by atoms with Gasteiger partial charge in [-0.05, 0) is 53.6 Å². The molecule has 4 aromatic carbocycles. The van der Waals surface area contributed by atoms with Crippen molar-refractivity contribution < 1.29 is 38.5 Å². The Kier molecular flexibility index (Phi) is 14.6. The van der Waals surface area contributed by atoms with E-state index in [0.29, 0.717) is 24.3 Å². The molecule has 4 aromatic rings. The molecule has 276 valence electrons. The molecule has 0 aliphatic carbocycles. The van der Waals surface area contributed by atoms with Gasteiger partial charge in [0.2, 0.25) is 11.8 Å². The van der Waals surface area contributed by atoms with Gasteiger partial charge in [-0.15, -0.1) is 0 Å². The van der Waals surface area contributed by atoms with Crippen molar-refractivity contribution in [1.29, 1.82) is 0 Å². The van der Waals surface area contributed by atoms with Gasteiger partial charge in [0.25, 0.3) is 0 Å². The Hall–Kier alpha value is -5.94. The van der Waals surface area contributed by atoms with E-state index < -0.39 is 36.2 Å². The molecular weight excluding hydrogens is 674 g/mol. The number of alkyl carbamates (subject to hydrolysis) is 1. The summed E-state index contributed by atoms with van der Waals surface area (Å²) >= 11 is 0. The van der Waals surface area contributed by atoms with E-state index in [1.54, 1.807) is 36.4 Å². The number of ether oxygens (including phenoxy) is 3. The molecule has 1 heterocycles. The first-order valence-corrected chi connectivity index (χ1v) is 17.7. The molecule has 0 saturated heterocycles. The first-order valence-electron chi connectivity index (χ1n) is 17.7. The van der Waals surface area contributed by atoms with Crippen molar-refractivity contribution in [1.82, 2.24) is 16.0 Å². The molecule has 11 heteroatoms. The minimum atomic E-state index is -1.06. The highest BCUT2D eigenvalue weighted by Crippen LogP contribution is 2.21. The van der Waals surface area contributed by atoms with Gasteiger partial charge in [-0.2, -0.15) is 0 Å². The number of carbonyl (C=O) groups is 4. The van der Waals surface area contributed by atoms with Crippen LogP contribution in [-0.2, 0) is 43.5 Å². The topological polar surface area (TPSA) is 152 Å². The number of nitrogens with one attached hydrogen (secondary N) is 3. The Balaban J connectivity index is 1.20. The van der Waals surface area contributed by atoms with E-state index in [4.69, 9.17) is 14.2 Å². The van der Waals surface area contributed by atoms with Crippen molar-refractivity contribution in [3.05, 3.63) is 150 Å². The quantitative estimate of drug-likeness (QED) is 0.107. The summed E-state index contributed by atoms with van der Waals surface area (Å²) in [5.41, 5.74) is 3.40. The first-order chi connectivity index (χ1) is 25.9. The molecule has 1 aliphatic heterocycles. The zero-order valence-electron chi connectivity index (χ0n) is 29.4. The fourth-order valence-corrected chi connectivity index (χ4v) is 5.77. The van der Waals surface area contributed by atoms with Crippen LogP contribution in [0.5, 0.6) is 5.75 Å². The Morgan fingerprint density at radius 2 is 1.42 bits per heavy atom. The average Bonchev–Trinajstić information content (AvgIpc) is 3.19. The predicted octanol–water partition coefficient (Wildman–Crippen LogP) is 5.34. The van der Waals surface area contributed by atoms with Gasteiger partial charge in [-0.1, -0.05) is 115 Å². The summed E-state index contributed by atoms with van der Waals surface area (Å²) in [5, 5.41) is 18.4. The highest BCUT2D eigenvalue weighted by molar-refractivity contribution is 5.86. The van der Waals surface area contributed by atoms with E-state index in [1.165, 1.54) is 0 Å². The second-order valence-corrected chi connectivity index (χ2v) is 12.8. The standard InChI is InChI=1S/C42H45N3O8/c46-27-35(24-30-20-22-36(23-21-30)51-28-31-12-4-1-5-13-31)44-39(47)25-34-18-10-11-19-37(45-42(50)52-29-32-14-6-2-7-15-32)41(49)53-38(26-43-40(34)48)33-16-8-3-9-17-33/h1-17,20-23,34-35,37-38,46H,18-19,24-29H2,(H,43,48)(H,44,47)(H,45,50)/t34-,35+,37-,38-/m1/s1. The van der Waals surface area contributed by atoms with Crippen molar-refractivity contribution in [3.8, 4) is 5.75 Å². The summed E-state index contributed by atoms with van der Waals surface area (Å²) in [5.74, 6) is -1.50. The third-order valence-electron chi connectivity index (χ3n) is 8.68. The molecule has 0 saturated carbocycles. The van der Waals surface area contributed by atoms with Crippen LogP contribution in [0.3, 0.4) is 0 Å². The second-order valence-electron chi connectivity index (χ2n) is 12.8. The minimum Gasteiger partial charge on any atom is -0.489 e. The van der Waals surface area contributed by atoms with E-state index in [2.05, 4.69) is 16.0 Å². The SMILES string of the molecule is O=C(C[C@H]1CC=CC[C@@H](NC(=O)OCc2ccccc2)C(=O)O[C@@H](c2ccccc2)CNC1=O)N[C@H](CO)Cc1ccc(OCc2ccccc2)cc1. The van der Waals surface area contributed by atoms with Gasteiger partial charge in [-0.25, -0.2) is 9.59 Å². The van der Waals surface area contributed by atoms with Crippen molar-refractivity contribution in [2.75, 3.05) is 13.2 Å². The molecule has 3 amide bonds. The van der Waals surface area contributed by atoms with Crippen LogP contribution in [0.25, 0.3) is 0 Å². The Labute approximate surface area is 309 Å². The minimum absolute atomic E-state index is 0.0280. The molecule has 11 nitrogen and oxygen atoms in total. The van der Waals surface area contributed by atoms with Crippen LogP contribution in [0.2, 0.25) is 0 Å². The molecule has 0 fully saturated rings. The van der Waals surface area contributed by atoms with Crippen LogP contribution in [0.1, 0.15) is 47.6 Å². The third-order valence-corrected chi connectivity index (χ3v) is 8.68. The molecule has 0 spiro atoms. The lowest BCUT2D eigenvalue weighted by atomic mass is 9.97. The monoisotopic (exact) mass is 719 g/mol. The van der Waals surface area contributed by atoms with Crippen LogP contribution in [0.4, 0.5) is 4.79 Å². The number of hydrogen-bond acceptors (Lipinski definition) is 8. The molecule has 53 heavy (non-hydrogen) atoms. The van der Waals surface area contributed by atoms with Crippen molar-refractivity contribution >= 4 is 23.9 Å². The zero-order chi connectivity index (χ0) is 37.3. The molecule has 0 aromatic heterocycles. The Morgan fingerprint density at radius 3 is 2.08 bits per heavy atom. The fraction of sp³-hybridized carbons (Fsp3) is 0.286. The summed E-state index contributed by atoms with van der Waals surface area (Å²) in [6, 6.07) is 33.8. The summed E-state index contributed by atoms with van der Waals surface area (Å²) in [6.07, 6.45) is 2.26. The molecule has 0 radical (unpaired) electrons. The van der Waals surface area contributed by atoms with Crippen LogP contribution < -0.4 is 20.7 Å². The molecule has 1 aliphatic rings. The number of rotatable bonds is 13. The van der Waals surface area contributed by atoms with Gasteiger partial charge in [0, 0.05) is 6.42 Å². The zero-order valence-corrected chi connectivity index (χ0v) is 29.4. The van der Waals surface area contributed by atoms with Crippen LogP contribution >= 0.6 is 0 Å². The molecule has 0 unspecified atom stereocenters. The largest absolute Gasteiger partial charge is 0.489 e. The lowest BCUT2D eigenvalue weighted by Gasteiger charge is -2.25. The maximum atomic E-state index is 13.4. The summed E-state index contributed by atoms with van der Waals surface area (Å²) in [4.78, 5) is 52.8. The highest BCUT2D eigenvalue weighted by Gasteiger charge is 2.29. The predicted molar refractivity (Wildman–Crippen MR) is 198 cm³/mol. The van der Waals surface area contributed by atoms with E-state index in [9.17, 15) is 24.3 Å². The molecule has 5 rings (SSSR count). The number of carbonyl (C=O) groups excluding carboxylic acids is 4. The van der Waals surface area contributed by atoms with Gasteiger partial charge in [0.15, 0.2) is 0 Å². The maximum Gasteiger partial charge on any atom is 0.408 e. The van der Waals surface area contributed by atoms with E-state index >= 15 is 0 Å². The highest BCUT2D eigenvalue weighted by atomic mass is 16.6. The fourth-order valence-electron chi connectivity index (χ4n) is 5.77. The van der Waals surface area contributed by atoms with Crippen molar-refractivity contribution in [3.63, 3.8) is 0 Å². The number of allylic oxidation sites excluding steroid dienone is 1. The summed E-state index contributed by atoms with van der Waals surface area (Å²) < 4.78 is 17.0. The second kappa shape index (κ2) is 20.2. The number of esters is 1. The smallest absolute Gasteiger partial charge is 0.408 e. The van der Waals surface area contributed by atoms with Crippen LogP contribution in [0, 0.1) is 5.92 Å². The van der Waals surface area contributed by atoms with Crippen molar-refractivity contribution in [2.24, 2.45) is 5.92 Å². The van der Waals surface area contributed by atoms with Crippen LogP contribution in [-0.4, -0.2) is 54.2 Å². The molecular formula is C42H45N3O8. The molecule has 4 atom stereocenters. The molecule has 0 bridgehead atoms. The normalized spacial score (nSPS) is 18.2. The number of aliphatic hydroxyl groups excluding tert-OH is 1. The summed E-state index contributed by atoms with van der Waals surface area (Å²) in [7, 11) is 0. The Bertz CT molecular complexity index is 1790. The maximum absolute atomic E-state index is 13.4. The van der Waals surface area contributed by atoms with E-state index in [0.717, 1.165) is 16.7 Å². The number of aliphatic hydroxyl groups is 1. The van der Waals surface area contributed by atoms with Crippen molar-refractivity contribution in [2.45, 2.75) is 57.1 Å². The number of amides is 3. The van der Waals surface area contributed by atoms with Gasteiger partial charge in [0.1, 0.15) is 31.1 Å². The number of benzene rings is 4. The van der Waals surface area contributed by atoms with E-state index in [-0.39, 0.29) is 50.8 Å². The third kappa shape index (κ3) is 12.7. The average molecular weight is 720 g/mol. The van der Waals surface area contributed by atoms with Gasteiger partial charge < -0.3 is 35.3 Å². The van der Waals surface area contributed by atoms with Gasteiger partial charge >= 0.3 is 12.1 Å². The van der Waals surface area contributed by atoms with Gasteiger partial charge in [-0.3, -0.25) is 9.59 Å². The first kappa shape index (κ1) is 38.3. The lowest BCUT2D eigenvalue weighted by molar-refractivity contribution is -0.152. The Morgan fingerprint density at radius 1 is 0.792 bits per heavy atom. The summed E-state index contributed by atoms with van der Waals surface area (Å²) in [6.45, 7) is 0.131. The molecule has 4 N–H and O–H groups in total. The lowest BCUT2D eigenvalue weighted by Crippen LogP contribution is -2.44. The van der Waals surface area contributed by atoms with E-state index in [1.807, 2.05) is 91.0 Å². The van der Waals surface area contributed by atoms with Crippen LogP contribution in [0.15, 0.2) is 127 Å². The number of hydrogen-bond donors (Lipinski definition) is 4.